The van der Waals surface area contributed by atoms with E-state index in [4.69, 9.17) is 0 Å². The van der Waals surface area contributed by atoms with Crippen LogP contribution in [0.4, 0.5) is 0 Å². The molecule has 1 aromatic carbocycles. The second-order valence-electron chi connectivity index (χ2n) is 4.54. The molecular weight excluding hydrogens is 224 g/mol. The van der Waals surface area contributed by atoms with E-state index in [-0.39, 0.29) is 0 Å². The van der Waals surface area contributed by atoms with Gasteiger partial charge in [0.05, 0.1) is 0 Å². The Balaban J connectivity index is 1.96. The van der Waals surface area contributed by atoms with Gasteiger partial charge in [-0.25, -0.2) is 0 Å². The Morgan fingerprint density at radius 2 is 1.89 bits per heavy atom. The number of aromatic hydroxyl groups is 1. The lowest BCUT2D eigenvalue weighted by atomic mass is 10.1. The summed E-state index contributed by atoms with van der Waals surface area (Å²) in [6.07, 6.45) is 3.67. The highest BCUT2D eigenvalue weighted by molar-refractivity contribution is 5.35. The van der Waals surface area contributed by atoms with Crippen LogP contribution in [0.15, 0.2) is 36.7 Å². The fourth-order valence-corrected chi connectivity index (χ4v) is 1.87. The van der Waals surface area contributed by atoms with E-state index in [1.165, 1.54) is 11.1 Å². The third kappa shape index (κ3) is 3.08. The fourth-order valence-electron chi connectivity index (χ4n) is 1.87. The third-order valence-electron chi connectivity index (χ3n) is 3.01. The molecule has 3 heteroatoms. The van der Waals surface area contributed by atoms with E-state index >= 15 is 0 Å². The van der Waals surface area contributed by atoms with Crippen molar-refractivity contribution in [1.82, 2.24) is 10.3 Å². The summed E-state index contributed by atoms with van der Waals surface area (Å²) in [6.45, 7) is 5.51. The van der Waals surface area contributed by atoms with Gasteiger partial charge < -0.3 is 10.4 Å². The maximum atomic E-state index is 9.73. The number of benzene rings is 1. The highest BCUT2D eigenvalue weighted by atomic mass is 16.3. The molecule has 94 valence electrons. The molecule has 0 atom stereocenters. The molecule has 0 fully saturated rings. The van der Waals surface area contributed by atoms with Crippen LogP contribution < -0.4 is 5.32 Å². The van der Waals surface area contributed by atoms with Crippen molar-refractivity contribution in [3.05, 3.63) is 58.9 Å². The molecule has 0 spiro atoms. The van der Waals surface area contributed by atoms with Crippen molar-refractivity contribution in [3.8, 4) is 5.75 Å². The van der Waals surface area contributed by atoms with E-state index in [9.17, 15) is 5.11 Å². The highest BCUT2D eigenvalue weighted by Crippen LogP contribution is 2.18. The number of pyridine rings is 1. The number of phenols is 1. The summed E-state index contributed by atoms with van der Waals surface area (Å²) < 4.78 is 0. The van der Waals surface area contributed by atoms with Crippen LogP contribution in [-0.2, 0) is 13.1 Å². The van der Waals surface area contributed by atoms with Crippen LogP contribution >= 0.6 is 0 Å². The van der Waals surface area contributed by atoms with Gasteiger partial charge in [0.2, 0.25) is 0 Å². The molecule has 0 amide bonds. The van der Waals surface area contributed by atoms with Crippen molar-refractivity contribution in [1.29, 1.82) is 0 Å². The zero-order chi connectivity index (χ0) is 13.0. The summed E-state index contributed by atoms with van der Waals surface area (Å²) in [4.78, 5) is 4.11. The summed E-state index contributed by atoms with van der Waals surface area (Å²) in [5.41, 5.74) is 4.49. The van der Waals surface area contributed by atoms with Crippen LogP contribution in [0.2, 0.25) is 0 Å². The van der Waals surface area contributed by atoms with E-state index in [0.29, 0.717) is 12.3 Å². The highest BCUT2D eigenvalue weighted by Gasteiger charge is 2.02. The SMILES string of the molecule is Cc1ccc(O)c(CNCc2cnccc2C)c1. The van der Waals surface area contributed by atoms with Gasteiger partial charge >= 0.3 is 0 Å². The van der Waals surface area contributed by atoms with Crippen molar-refractivity contribution in [2.24, 2.45) is 0 Å². The van der Waals surface area contributed by atoms with Gasteiger partial charge in [-0.05, 0) is 37.1 Å². The topological polar surface area (TPSA) is 45.1 Å². The lowest BCUT2D eigenvalue weighted by Gasteiger charge is -2.09. The molecule has 1 aromatic heterocycles. The molecule has 0 saturated carbocycles. The predicted molar refractivity (Wildman–Crippen MR) is 72.4 cm³/mol. The van der Waals surface area contributed by atoms with Gasteiger partial charge in [0.1, 0.15) is 5.75 Å². The Morgan fingerprint density at radius 3 is 2.67 bits per heavy atom. The molecule has 0 aliphatic rings. The first-order valence-corrected chi connectivity index (χ1v) is 6.05. The van der Waals surface area contributed by atoms with Crippen molar-refractivity contribution >= 4 is 0 Å². The minimum atomic E-state index is 0.344. The van der Waals surface area contributed by atoms with Gasteiger partial charge in [0.25, 0.3) is 0 Å². The number of aryl methyl sites for hydroxylation is 2. The third-order valence-corrected chi connectivity index (χ3v) is 3.01. The number of hydrogen-bond donors (Lipinski definition) is 2. The standard InChI is InChI=1S/C15H18N2O/c1-11-3-4-15(18)13(7-11)8-17-10-14-9-16-6-5-12(14)2/h3-7,9,17-18H,8,10H2,1-2H3. The average molecular weight is 242 g/mol. The maximum absolute atomic E-state index is 9.73. The van der Waals surface area contributed by atoms with Crippen LogP contribution in [0.5, 0.6) is 5.75 Å². The lowest BCUT2D eigenvalue weighted by Crippen LogP contribution is -2.13. The van der Waals surface area contributed by atoms with E-state index in [1.807, 2.05) is 31.3 Å². The molecule has 0 radical (unpaired) electrons. The van der Waals surface area contributed by atoms with E-state index in [2.05, 4.69) is 17.2 Å². The van der Waals surface area contributed by atoms with Gasteiger partial charge in [-0.1, -0.05) is 17.7 Å². The second-order valence-corrected chi connectivity index (χ2v) is 4.54. The van der Waals surface area contributed by atoms with Gasteiger partial charge in [0.15, 0.2) is 0 Å². The lowest BCUT2D eigenvalue weighted by molar-refractivity contribution is 0.464. The fraction of sp³-hybridized carbons (Fsp3) is 0.267. The van der Waals surface area contributed by atoms with Gasteiger partial charge in [0, 0.05) is 31.0 Å². The number of rotatable bonds is 4. The van der Waals surface area contributed by atoms with Crippen LogP contribution in [0.25, 0.3) is 0 Å². The summed E-state index contributed by atoms with van der Waals surface area (Å²) in [5.74, 6) is 0.344. The number of nitrogens with one attached hydrogen (secondary N) is 1. The summed E-state index contributed by atoms with van der Waals surface area (Å²) >= 11 is 0. The van der Waals surface area contributed by atoms with Crippen LogP contribution in [0.3, 0.4) is 0 Å². The molecule has 1 heterocycles. The van der Waals surface area contributed by atoms with Crippen molar-refractivity contribution in [2.45, 2.75) is 26.9 Å². The normalized spacial score (nSPS) is 10.6. The molecule has 0 aliphatic heterocycles. The molecular formula is C15H18N2O. The Morgan fingerprint density at radius 1 is 1.11 bits per heavy atom. The van der Waals surface area contributed by atoms with Crippen LogP contribution in [0, 0.1) is 13.8 Å². The van der Waals surface area contributed by atoms with E-state index < -0.39 is 0 Å². The Kier molecular flexibility index (Phi) is 3.95. The molecule has 2 rings (SSSR count). The number of phenolic OH excluding ortho intramolecular Hbond substituents is 1. The van der Waals surface area contributed by atoms with Gasteiger partial charge in [-0.2, -0.15) is 0 Å². The van der Waals surface area contributed by atoms with Gasteiger partial charge in [-0.15, -0.1) is 0 Å². The second kappa shape index (κ2) is 5.65. The van der Waals surface area contributed by atoms with Crippen LogP contribution in [-0.4, -0.2) is 10.1 Å². The van der Waals surface area contributed by atoms with Crippen molar-refractivity contribution in [3.63, 3.8) is 0 Å². The largest absolute Gasteiger partial charge is 0.508 e. The first-order chi connectivity index (χ1) is 8.66. The van der Waals surface area contributed by atoms with Crippen LogP contribution in [0.1, 0.15) is 22.3 Å². The Hall–Kier alpha value is -1.87. The zero-order valence-electron chi connectivity index (χ0n) is 10.8. The Bertz CT molecular complexity index is 538. The minimum Gasteiger partial charge on any atom is -0.508 e. The summed E-state index contributed by atoms with van der Waals surface area (Å²) in [6, 6.07) is 7.64. The predicted octanol–water partition coefficient (Wildman–Crippen LogP) is 2.69. The molecule has 0 aliphatic carbocycles. The Labute approximate surface area is 108 Å². The molecule has 2 N–H and O–H groups in total. The first kappa shape index (κ1) is 12.6. The quantitative estimate of drug-likeness (QED) is 0.866. The number of aromatic nitrogens is 1. The smallest absolute Gasteiger partial charge is 0.120 e. The monoisotopic (exact) mass is 242 g/mol. The molecule has 0 unspecified atom stereocenters. The molecule has 0 saturated heterocycles. The van der Waals surface area contributed by atoms with E-state index in [1.54, 1.807) is 12.3 Å². The first-order valence-electron chi connectivity index (χ1n) is 6.05. The van der Waals surface area contributed by atoms with Gasteiger partial charge in [-0.3, -0.25) is 4.98 Å². The maximum Gasteiger partial charge on any atom is 0.120 e. The molecule has 18 heavy (non-hydrogen) atoms. The number of nitrogens with zero attached hydrogens (tertiary/aromatic N) is 1. The zero-order valence-corrected chi connectivity index (χ0v) is 10.8. The summed E-state index contributed by atoms with van der Waals surface area (Å²) in [5, 5.41) is 13.1. The average Bonchev–Trinajstić information content (AvgIpc) is 2.36. The van der Waals surface area contributed by atoms with Crippen molar-refractivity contribution in [2.75, 3.05) is 0 Å². The molecule has 0 bridgehead atoms. The molecule has 2 aromatic rings. The molecule has 3 nitrogen and oxygen atoms in total. The number of hydrogen-bond acceptors (Lipinski definition) is 3. The summed E-state index contributed by atoms with van der Waals surface area (Å²) in [7, 11) is 0. The van der Waals surface area contributed by atoms with Crippen molar-refractivity contribution < 1.29 is 5.11 Å². The van der Waals surface area contributed by atoms with E-state index in [0.717, 1.165) is 17.7 Å². The minimum absolute atomic E-state index is 0.344.